The van der Waals surface area contributed by atoms with Gasteiger partial charge in [-0.05, 0) is 61.1 Å². The van der Waals surface area contributed by atoms with Crippen LogP contribution in [0.4, 0.5) is 0 Å². The van der Waals surface area contributed by atoms with Crippen molar-refractivity contribution in [3.05, 3.63) is 53.9 Å². The first kappa shape index (κ1) is 20.6. The molecule has 4 atom stereocenters. The Morgan fingerprint density at radius 3 is 2.40 bits per heavy atom. The van der Waals surface area contributed by atoms with E-state index >= 15 is 0 Å². The standard InChI is InChI=1S/C23H28N2O5/c1-28-20-8-5-18(24-11-20)14-25-12-16-9-21(26)22(10-17(16)13-25)30-19-6-3-15(4-7-19)23(27)29-2/h3-8,11,16-17,21-22,26H,9-10,12-14H2,1-2H3/t16-,17+,21+,22+/m0/s1. The maximum absolute atomic E-state index is 11.6. The van der Waals surface area contributed by atoms with Crippen LogP contribution in [0, 0.1) is 11.8 Å². The lowest BCUT2D eigenvalue weighted by Gasteiger charge is -2.35. The van der Waals surface area contributed by atoms with Crippen LogP contribution in [0.5, 0.6) is 11.5 Å². The van der Waals surface area contributed by atoms with Gasteiger partial charge in [-0.2, -0.15) is 0 Å². The van der Waals surface area contributed by atoms with Gasteiger partial charge in [-0.15, -0.1) is 0 Å². The van der Waals surface area contributed by atoms with E-state index in [9.17, 15) is 9.90 Å². The second-order valence-electron chi connectivity index (χ2n) is 8.11. The number of hydrogen-bond acceptors (Lipinski definition) is 7. The second kappa shape index (κ2) is 9.02. The van der Waals surface area contributed by atoms with Gasteiger partial charge in [0.1, 0.15) is 17.6 Å². The second-order valence-corrected chi connectivity index (χ2v) is 8.11. The van der Waals surface area contributed by atoms with Crippen molar-refractivity contribution < 1.29 is 24.1 Å². The Balaban J connectivity index is 1.34. The summed E-state index contributed by atoms with van der Waals surface area (Å²) in [6.45, 7) is 2.75. The monoisotopic (exact) mass is 412 g/mol. The molecule has 30 heavy (non-hydrogen) atoms. The Morgan fingerprint density at radius 1 is 1.07 bits per heavy atom. The third-order valence-electron chi connectivity index (χ3n) is 6.14. The van der Waals surface area contributed by atoms with Crippen LogP contribution >= 0.6 is 0 Å². The Bertz CT molecular complexity index is 855. The van der Waals surface area contributed by atoms with Crippen LogP contribution in [0.2, 0.25) is 0 Å². The molecule has 1 aromatic carbocycles. The van der Waals surface area contributed by atoms with Gasteiger partial charge in [0.25, 0.3) is 0 Å². The number of benzene rings is 1. The van der Waals surface area contributed by atoms with Crippen molar-refractivity contribution in [1.29, 1.82) is 0 Å². The summed E-state index contributed by atoms with van der Waals surface area (Å²) in [5.74, 6) is 2.00. The van der Waals surface area contributed by atoms with E-state index in [0.717, 1.165) is 43.9 Å². The van der Waals surface area contributed by atoms with E-state index in [2.05, 4.69) is 9.88 Å². The Morgan fingerprint density at radius 2 is 1.77 bits per heavy atom. The molecule has 0 radical (unpaired) electrons. The normalized spacial score (nSPS) is 26.1. The van der Waals surface area contributed by atoms with Gasteiger partial charge in [-0.25, -0.2) is 4.79 Å². The first-order chi connectivity index (χ1) is 14.6. The summed E-state index contributed by atoms with van der Waals surface area (Å²) < 4.78 is 16.0. The summed E-state index contributed by atoms with van der Waals surface area (Å²) in [5, 5.41) is 10.6. The third-order valence-corrected chi connectivity index (χ3v) is 6.14. The minimum atomic E-state index is -0.495. The van der Waals surface area contributed by atoms with Gasteiger partial charge in [-0.1, -0.05) is 0 Å². The molecular formula is C23H28N2O5. The minimum Gasteiger partial charge on any atom is -0.495 e. The highest BCUT2D eigenvalue weighted by Gasteiger charge is 2.42. The van der Waals surface area contributed by atoms with E-state index in [1.165, 1.54) is 7.11 Å². The Hall–Kier alpha value is -2.64. The Labute approximate surface area is 176 Å². The molecule has 1 saturated heterocycles. The smallest absolute Gasteiger partial charge is 0.337 e. The van der Waals surface area contributed by atoms with E-state index in [0.29, 0.717) is 23.1 Å². The molecule has 2 aromatic rings. The lowest BCUT2D eigenvalue weighted by Crippen LogP contribution is -2.42. The highest BCUT2D eigenvalue weighted by atomic mass is 16.5. The van der Waals surface area contributed by atoms with Crippen molar-refractivity contribution in [1.82, 2.24) is 9.88 Å². The van der Waals surface area contributed by atoms with Crippen molar-refractivity contribution in [3.8, 4) is 11.5 Å². The van der Waals surface area contributed by atoms with E-state index in [4.69, 9.17) is 14.2 Å². The molecule has 2 fully saturated rings. The molecule has 0 spiro atoms. The molecule has 7 nitrogen and oxygen atoms in total. The average molecular weight is 412 g/mol. The number of aromatic nitrogens is 1. The van der Waals surface area contributed by atoms with Gasteiger partial charge in [0.05, 0.1) is 37.8 Å². The molecule has 160 valence electrons. The van der Waals surface area contributed by atoms with E-state index in [1.54, 1.807) is 37.6 Å². The van der Waals surface area contributed by atoms with E-state index < -0.39 is 6.10 Å². The van der Waals surface area contributed by atoms with Crippen molar-refractivity contribution in [2.75, 3.05) is 27.3 Å². The molecule has 0 amide bonds. The van der Waals surface area contributed by atoms with Crippen molar-refractivity contribution in [3.63, 3.8) is 0 Å². The van der Waals surface area contributed by atoms with Crippen LogP contribution in [0.3, 0.4) is 0 Å². The number of ether oxygens (including phenoxy) is 3. The van der Waals surface area contributed by atoms with Crippen LogP contribution in [-0.4, -0.2) is 60.5 Å². The molecule has 2 heterocycles. The Kier molecular flexibility index (Phi) is 6.20. The SMILES string of the molecule is COC(=O)c1ccc(O[C@@H]2C[C@@H]3CN(Cc4ccc(OC)cn4)C[C@@H]3C[C@H]2O)cc1. The molecule has 1 aliphatic heterocycles. The van der Waals surface area contributed by atoms with E-state index in [1.807, 2.05) is 12.1 Å². The molecule has 1 saturated carbocycles. The van der Waals surface area contributed by atoms with Gasteiger partial charge in [0.2, 0.25) is 0 Å². The number of aliphatic hydroxyl groups is 1. The summed E-state index contributed by atoms with van der Waals surface area (Å²) >= 11 is 0. The number of carbonyl (C=O) groups is 1. The fourth-order valence-electron chi connectivity index (χ4n) is 4.56. The van der Waals surface area contributed by atoms with E-state index in [-0.39, 0.29) is 12.1 Å². The molecular weight excluding hydrogens is 384 g/mol. The molecule has 4 rings (SSSR count). The number of esters is 1. The zero-order valence-electron chi connectivity index (χ0n) is 17.4. The van der Waals surface area contributed by atoms with Crippen LogP contribution in [0.1, 0.15) is 28.9 Å². The van der Waals surface area contributed by atoms with Crippen LogP contribution in [-0.2, 0) is 11.3 Å². The summed E-state index contributed by atoms with van der Waals surface area (Å²) in [5.41, 5.74) is 1.50. The maximum Gasteiger partial charge on any atom is 0.337 e. The number of pyridine rings is 1. The fourth-order valence-corrected chi connectivity index (χ4v) is 4.56. The van der Waals surface area contributed by atoms with Crippen molar-refractivity contribution in [2.24, 2.45) is 11.8 Å². The predicted octanol–water partition coefficient (Wildman–Crippen LogP) is 2.53. The largest absolute Gasteiger partial charge is 0.495 e. The first-order valence-corrected chi connectivity index (χ1v) is 10.3. The summed E-state index contributed by atoms with van der Waals surface area (Å²) in [4.78, 5) is 18.4. The van der Waals surface area contributed by atoms with Gasteiger partial charge in [-0.3, -0.25) is 9.88 Å². The van der Waals surface area contributed by atoms with Crippen molar-refractivity contribution >= 4 is 5.97 Å². The van der Waals surface area contributed by atoms with Crippen LogP contribution in [0.25, 0.3) is 0 Å². The number of likely N-dealkylation sites (tertiary alicyclic amines) is 1. The van der Waals surface area contributed by atoms with Gasteiger partial charge >= 0.3 is 5.97 Å². The van der Waals surface area contributed by atoms with Gasteiger partial charge in [0.15, 0.2) is 0 Å². The zero-order valence-corrected chi connectivity index (χ0v) is 17.4. The predicted molar refractivity (Wildman–Crippen MR) is 110 cm³/mol. The third kappa shape index (κ3) is 4.57. The number of methoxy groups -OCH3 is 2. The maximum atomic E-state index is 11.6. The average Bonchev–Trinajstić information content (AvgIpc) is 3.15. The number of carbonyl (C=O) groups excluding carboxylic acids is 1. The van der Waals surface area contributed by atoms with Crippen LogP contribution in [0.15, 0.2) is 42.6 Å². The summed E-state index contributed by atoms with van der Waals surface area (Å²) in [7, 11) is 3.00. The fraction of sp³-hybridized carbons (Fsp3) is 0.478. The molecule has 1 N–H and O–H groups in total. The number of nitrogens with zero attached hydrogens (tertiary/aromatic N) is 2. The highest BCUT2D eigenvalue weighted by Crippen LogP contribution is 2.38. The molecule has 7 heteroatoms. The number of aliphatic hydroxyl groups excluding tert-OH is 1. The number of rotatable bonds is 6. The minimum absolute atomic E-state index is 0.241. The lowest BCUT2D eigenvalue weighted by molar-refractivity contribution is -0.0231. The summed E-state index contributed by atoms with van der Waals surface area (Å²) in [6, 6.07) is 10.8. The molecule has 1 aliphatic carbocycles. The molecule has 1 aromatic heterocycles. The topological polar surface area (TPSA) is 81.1 Å². The quantitative estimate of drug-likeness (QED) is 0.730. The van der Waals surface area contributed by atoms with Crippen molar-refractivity contribution in [2.45, 2.75) is 31.6 Å². The number of hydrogen-bond donors (Lipinski definition) is 1. The highest BCUT2D eigenvalue weighted by molar-refractivity contribution is 5.89. The zero-order chi connectivity index (χ0) is 21.1. The molecule has 0 bridgehead atoms. The van der Waals surface area contributed by atoms with Gasteiger partial charge in [0, 0.05) is 19.6 Å². The van der Waals surface area contributed by atoms with Crippen LogP contribution < -0.4 is 9.47 Å². The summed E-state index contributed by atoms with van der Waals surface area (Å²) in [6.07, 6.45) is 2.57. The first-order valence-electron chi connectivity index (χ1n) is 10.3. The lowest BCUT2D eigenvalue weighted by atomic mass is 9.78. The molecule has 2 aliphatic rings. The van der Waals surface area contributed by atoms with Gasteiger partial charge < -0.3 is 19.3 Å². The number of fused-ring (bicyclic) bond motifs is 1. The molecule has 0 unspecified atom stereocenters.